The summed E-state index contributed by atoms with van der Waals surface area (Å²) in [5.74, 6) is 1.08. The first kappa shape index (κ1) is 17.5. The van der Waals surface area contributed by atoms with Crippen LogP contribution in [-0.4, -0.2) is 40.0 Å². The molecule has 0 aliphatic heterocycles. The SMILES string of the molecule is CCN(CC)CCc1nc2cc(NC(=O)C(C)C)ccc2n1C. The third-order valence-electron chi connectivity index (χ3n) is 4.31. The lowest BCUT2D eigenvalue weighted by Gasteiger charge is -2.17. The van der Waals surface area contributed by atoms with Gasteiger partial charge in [-0.2, -0.15) is 0 Å². The predicted molar refractivity (Wildman–Crippen MR) is 95.7 cm³/mol. The Labute approximate surface area is 138 Å². The van der Waals surface area contributed by atoms with Crippen LogP contribution >= 0.6 is 0 Å². The largest absolute Gasteiger partial charge is 0.331 e. The Bertz CT molecular complexity index is 671. The Hall–Kier alpha value is -1.88. The van der Waals surface area contributed by atoms with E-state index in [1.54, 1.807) is 0 Å². The lowest BCUT2D eigenvalue weighted by molar-refractivity contribution is -0.118. The molecular weight excluding hydrogens is 288 g/mol. The molecule has 0 saturated heterocycles. The van der Waals surface area contributed by atoms with Crippen LogP contribution in [0.15, 0.2) is 18.2 Å². The number of fused-ring (bicyclic) bond motifs is 1. The summed E-state index contributed by atoms with van der Waals surface area (Å²) in [6, 6.07) is 5.92. The quantitative estimate of drug-likeness (QED) is 0.854. The zero-order chi connectivity index (χ0) is 17.0. The molecule has 1 amide bonds. The fraction of sp³-hybridized carbons (Fsp3) is 0.556. The van der Waals surface area contributed by atoms with Gasteiger partial charge < -0.3 is 14.8 Å². The summed E-state index contributed by atoms with van der Waals surface area (Å²) >= 11 is 0. The number of hydrogen-bond donors (Lipinski definition) is 1. The molecule has 2 aromatic rings. The average Bonchev–Trinajstić information content (AvgIpc) is 2.84. The summed E-state index contributed by atoms with van der Waals surface area (Å²) in [6.45, 7) is 11.3. The molecule has 23 heavy (non-hydrogen) atoms. The smallest absolute Gasteiger partial charge is 0.226 e. The number of carbonyl (C=O) groups excluding carboxylic acids is 1. The van der Waals surface area contributed by atoms with E-state index in [1.807, 2.05) is 32.0 Å². The van der Waals surface area contributed by atoms with Gasteiger partial charge in [-0.3, -0.25) is 4.79 Å². The summed E-state index contributed by atoms with van der Waals surface area (Å²) in [4.78, 5) is 19.0. The first-order chi connectivity index (χ1) is 11.0. The van der Waals surface area contributed by atoms with Crippen LogP contribution in [0.2, 0.25) is 0 Å². The van der Waals surface area contributed by atoms with Gasteiger partial charge in [0.2, 0.25) is 5.91 Å². The first-order valence-corrected chi connectivity index (χ1v) is 8.44. The fourth-order valence-corrected chi connectivity index (χ4v) is 2.64. The number of rotatable bonds is 7. The topological polar surface area (TPSA) is 50.2 Å². The van der Waals surface area contributed by atoms with E-state index in [1.165, 1.54) is 0 Å². The minimum atomic E-state index is -0.0286. The summed E-state index contributed by atoms with van der Waals surface area (Å²) in [7, 11) is 2.05. The van der Waals surface area contributed by atoms with Gasteiger partial charge in [0.25, 0.3) is 0 Å². The molecule has 2 rings (SSSR count). The molecule has 0 unspecified atom stereocenters. The Balaban J connectivity index is 2.19. The number of aryl methyl sites for hydroxylation is 1. The van der Waals surface area contributed by atoms with E-state index >= 15 is 0 Å². The lowest BCUT2D eigenvalue weighted by Crippen LogP contribution is -2.26. The van der Waals surface area contributed by atoms with Crippen molar-refractivity contribution < 1.29 is 4.79 Å². The molecule has 5 heteroatoms. The number of likely N-dealkylation sites (N-methyl/N-ethyl adjacent to an activating group) is 1. The van der Waals surface area contributed by atoms with E-state index in [0.29, 0.717) is 0 Å². The van der Waals surface area contributed by atoms with Gasteiger partial charge in [0.1, 0.15) is 5.82 Å². The number of imidazole rings is 1. The summed E-state index contributed by atoms with van der Waals surface area (Å²) in [5.41, 5.74) is 2.84. The molecule has 0 aliphatic carbocycles. The molecule has 1 heterocycles. The van der Waals surface area contributed by atoms with Crippen LogP contribution in [0.5, 0.6) is 0 Å². The molecule has 0 atom stereocenters. The zero-order valence-corrected chi connectivity index (χ0v) is 14.9. The molecule has 126 valence electrons. The maximum atomic E-state index is 11.8. The van der Waals surface area contributed by atoms with Crippen molar-refractivity contribution >= 4 is 22.6 Å². The second-order valence-electron chi connectivity index (χ2n) is 6.21. The van der Waals surface area contributed by atoms with Gasteiger partial charge in [-0.15, -0.1) is 0 Å². The molecule has 1 aromatic heterocycles. The minimum Gasteiger partial charge on any atom is -0.331 e. The van der Waals surface area contributed by atoms with Gasteiger partial charge in [-0.25, -0.2) is 4.98 Å². The number of nitrogens with zero attached hydrogens (tertiary/aromatic N) is 3. The highest BCUT2D eigenvalue weighted by Gasteiger charge is 2.11. The van der Waals surface area contributed by atoms with Crippen LogP contribution < -0.4 is 5.32 Å². The van der Waals surface area contributed by atoms with Crippen molar-refractivity contribution in [3.05, 3.63) is 24.0 Å². The molecule has 0 saturated carbocycles. The highest BCUT2D eigenvalue weighted by Crippen LogP contribution is 2.20. The van der Waals surface area contributed by atoms with Crippen molar-refractivity contribution in [1.29, 1.82) is 0 Å². The molecular formula is C18H28N4O. The van der Waals surface area contributed by atoms with Crippen LogP contribution in [0.25, 0.3) is 11.0 Å². The third kappa shape index (κ3) is 4.10. The molecule has 0 bridgehead atoms. The van der Waals surface area contributed by atoms with Crippen LogP contribution in [-0.2, 0) is 18.3 Å². The van der Waals surface area contributed by atoms with E-state index in [-0.39, 0.29) is 11.8 Å². The fourth-order valence-electron chi connectivity index (χ4n) is 2.64. The number of nitrogens with one attached hydrogen (secondary N) is 1. The Morgan fingerprint density at radius 1 is 1.30 bits per heavy atom. The number of carbonyl (C=O) groups is 1. The van der Waals surface area contributed by atoms with Gasteiger partial charge in [0.15, 0.2) is 0 Å². The van der Waals surface area contributed by atoms with Crippen molar-refractivity contribution in [1.82, 2.24) is 14.5 Å². The van der Waals surface area contributed by atoms with Gasteiger partial charge >= 0.3 is 0 Å². The van der Waals surface area contributed by atoms with Gasteiger partial charge in [0, 0.05) is 31.6 Å². The number of anilines is 1. The molecule has 5 nitrogen and oxygen atoms in total. The number of hydrogen-bond acceptors (Lipinski definition) is 3. The van der Waals surface area contributed by atoms with Crippen molar-refractivity contribution in [2.45, 2.75) is 34.1 Å². The van der Waals surface area contributed by atoms with Gasteiger partial charge in [-0.1, -0.05) is 27.7 Å². The van der Waals surface area contributed by atoms with Crippen LogP contribution in [0.1, 0.15) is 33.5 Å². The minimum absolute atomic E-state index is 0.0286. The van der Waals surface area contributed by atoms with Crippen molar-refractivity contribution in [2.75, 3.05) is 25.0 Å². The molecule has 0 spiro atoms. The van der Waals surface area contributed by atoms with Crippen molar-refractivity contribution in [2.24, 2.45) is 13.0 Å². The van der Waals surface area contributed by atoms with Crippen molar-refractivity contribution in [3.63, 3.8) is 0 Å². The standard InChI is InChI=1S/C18H28N4O/c1-6-22(7-2)11-10-17-20-15-12-14(19-18(23)13(3)4)8-9-16(15)21(17)5/h8-9,12-13H,6-7,10-11H2,1-5H3,(H,19,23). The van der Waals surface area contributed by atoms with Gasteiger partial charge in [-0.05, 0) is 31.3 Å². The molecule has 0 radical (unpaired) electrons. The summed E-state index contributed by atoms with van der Waals surface area (Å²) in [6.07, 6.45) is 0.931. The second kappa shape index (κ2) is 7.59. The average molecular weight is 316 g/mol. The van der Waals surface area contributed by atoms with E-state index in [0.717, 1.165) is 48.6 Å². The molecule has 1 N–H and O–H groups in total. The summed E-state index contributed by atoms with van der Waals surface area (Å²) in [5, 5.41) is 2.93. The van der Waals surface area contributed by atoms with Gasteiger partial charge in [0.05, 0.1) is 11.0 Å². The Morgan fingerprint density at radius 2 is 2.00 bits per heavy atom. The first-order valence-electron chi connectivity index (χ1n) is 8.44. The maximum absolute atomic E-state index is 11.8. The summed E-state index contributed by atoms with van der Waals surface area (Å²) < 4.78 is 2.15. The number of benzene rings is 1. The van der Waals surface area contributed by atoms with Crippen molar-refractivity contribution in [3.8, 4) is 0 Å². The molecule has 0 fully saturated rings. The highest BCUT2D eigenvalue weighted by molar-refractivity contribution is 5.94. The highest BCUT2D eigenvalue weighted by atomic mass is 16.1. The van der Waals surface area contributed by atoms with E-state index < -0.39 is 0 Å². The van der Waals surface area contributed by atoms with E-state index in [4.69, 9.17) is 4.98 Å². The predicted octanol–water partition coefficient (Wildman–Crippen LogP) is 3.05. The number of aromatic nitrogens is 2. The van der Waals surface area contributed by atoms with Crippen LogP contribution in [0.4, 0.5) is 5.69 Å². The molecule has 1 aromatic carbocycles. The normalized spacial score (nSPS) is 11.6. The number of amides is 1. The Kier molecular flexibility index (Phi) is 5.77. The van der Waals surface area contributed by atoms with E-state index in [2.05, 4.69) is 35.7 Å². The molecule has 0 aliphatic rings. The van der Waals surface area contributed by atoms with Crippen LogP contribution in [0, 0.1) is 5.92 Å². The zero-order valence-electron chi connectivity index (χ0n) is 14.9. The lowest BCUT2D eigenvalue weighted by atomic mass is 10.2. The second-order valence-corrected chi connectivity index (χ2v) is 6.21. The monoisotopic (exact) mass is 316 g/mol. The van der Waals surface area contributed by atoms with E-state index in [9.17, 15) is 4.79 Å². The Morgan fingerprint density at radius 3 is 2.61 bits per heavy atom. The van der Waals surface area contributed by atoms with Crippen LogP contribution in [0.3, 0.4) is 0 Å². The maximum Gasteiger partial charge on any atom is 0.226 e. The third-order valence-corrected chi connectivity index (χ3v) is 4.31.